The van der Waals surface area contributed by atoms with E-state index in [9.17, 15) is 0 Å². The van der Waals surface area contributed by atoms with Gasteiger partial charge in [0.05, 0.1) is 26.4 Å². The molecule has 1 aromatic rings. The van der Waals surface area contributed by atoms with E-state index < -0.39 is 0 Å². The fraction of sp³-hybridized carbons (Fsp3) is 0.500. The highest BCUT2D eigenvalue weighted by molar-refractivity contribution is 5.26. The molecule has 0 bridgehead atoms. The maximum atomic E-state index is 5.48. The lowest BCUT2D eigenvalue weighted by molar-refractivity contribution is 0.104. The SMILES string of the molecule is CCOc1ccc(COCC2CO2)cc1. The summed E-state index contributed by atoms with van der Waals surface area (Å²) < 4.78 is 15.9. The van der Waals surface area contributed by atoms with Gasteiger partial charge in [-0.05, 0) is 24.6 Å². The molecule has 1 atom stereocenters. The van der Waals surface area contributed by atoms with Crippen LogP contribution in [0.1, 0.15) is 12.5 Å². The van der Waals surface area contributed by atoms with Crippen molar-refractivity contribution in [1.82, 2.24) is 0 Å². The zero-order valence-electron chi connectivity index (χ0n) is 8.94. The molecule has 1 aliphatic rings. The van der Waals surface area contributed by atoms with Crippen molar-refractivity contribution in [3.63, 3.8) is 0 Å². The smallest absolute Gasteiger partial charge is 0.119 e. The van der Waals surface area contributed by atoms with Crippen LogP contribution in [0.4, 0.5) is 0 Å². The summed E-state index contributed by atoms with van der Waals surface area (Å²) in [6.07, 6.45) is 0.340. The molecule has 0 aromatic heterocycles. The molecule has 1 aliphatic heterocycles. The van der Waals surface area contributed by atoms with Gasteiger partial charge in [-0.15, -0.1) is 0 Å². The van der Waals surface area contributed by atoms with Crippen molar-refractivity contribution in [2.45, 2.75) is 19.6 Å². The van der Waals surface area contributed by atoms with Crippen LogP contribution in [-0.2, 0) is 16.1 Å². The van der Waals surface area contributed by atoms with Crippen LogP contribution in [0.2, 0.25) is 0 Å². The van der Waals surface area contributed by atoms with Crippen molar-refractivity contribution in [3.05, 3.63) is 29.8 Å². The Labute approximate surface area is 90.0 Å². The molecule has 82 valence electrons. The van der Waals surface area contributed by atoms with Crippen molar-refractivity contribution in [1.29, 1.82) is 0 Å². The van der Waals surface area contributed by atoms with Gasteiger partial charge in [-0.1, -0.05) is 12.1 Å². The summed E-state index contributed by atoms with van der Waals surface area (Å²) in [5, 5.41) is 0. The number of hydrogen-bond donors (Lipinski definition) is 0. The van der Waals surface area contributed by atoms with E-state index in [0.29, 0.717) is 25.9 Å². The normalized spacial score (nSPS) is 18.9. The van der Waals surface area contributed by atoms with Crippen molar-refractivity contribution in [2.75, 3.05) is 19.8 Å². The molecule has 2 rings (SSSR count). The Bertz CT molecular complexity index is 290. The molecular formula is C12H16O3. The summed E-state index contributed by atoms with van der Waals surface area (Å²) in [6, 6.07) is 7.99. The van der Waals surface area contributed by atoms with Gasteiger partial charge in [-0.3, -0.25) is 0 Å². The second-order valence-electron chi connectivity index (χ2n) is 3.55. The van der Waals surface area contributed by atoms with Crippen LogP contribution in [0, 0.1) is 0 Å². The summed E-state index contributed by atoms with van der Waals surface area (Å²) in [4.78, 5) is 0. The van der Waals surface area contributed by atoms with Crippen LogP contribution in [0.5, 0.6) is 5.75 Å². The van der Waals surface area contributed by atoms with Gasteiger partial charge >= 0.3 is 0 Å². The third-order valence-corrected chi connectivity index (χ3v) is 2.21. The Kier molecular flexibility index (Phi) is 3.59. The van der Waals surface area contributed by atoms with E-state index in [1.807, 2.05) is 31.2 Å². The minimum absolute atomic E-state index is 0.340. The van der Waals surface area contributed by atoms with Gasteiger partial charge in [0.1, 0.15) is 11.9 Å². The molecule has 3 heteroatoms. The van der Waals surface area contributed by atoms with E-state index in [1.165, 1.54) is 5.56 Å². The summed E-state index contributed by atoms with van der Waals surface area (Å²) in [5.41, 5.74) is 1.17. The quantitative estimate of drug-likeness (QED) is 0.670. The van der Waals surface area contributed by atoms with Gasteiger partial charge in [0.25, 0.3) is 0 Å². The number of benzene rings is 1. The fourth-order valence-corrected chi connectivity index (χ4v) is 1.32. The average Bonchev–Trinajstić information content (AvgIpc) is 3.05. The molecule has 1 aromatic carbocycles. The van der Waals surface area contributed by atoms with Crippen LogP contribution in [0.15, 0.2) is 24.3 Å². The second-order valence-corrected chi connectivity index (χ2v) is 3.55. The van der Waals surface area contributed by atoms with E-state index in [-0.39, 0.29) is 0 Å². The molecule has 3 nitrogen and oxygen atoms in total. The largest absolute Gasteiger partial charge is 0.494 e. The monoisotopic (exact) mass is 208 g/mol. The summed E-state index contributed by atoms with van der Waals surface area (Å²) in [7, 11) is 0. The number of hydrogen-bond acceptors (Lipinski definition) is 3. The highest BCUT2D eigenvalue weighted by Crippen LogP contribution is 2.14. The molecule has 0 amide bonds. The standard InChI is InChI=1S/C12H16O3/c1-2-14-11-5-3-10(4-6-11)7-13-8-12-9-15-12/h3-6,12H,2,7-9H2,1H3. The molecule has 1 saturated heterocycles. The van der Waals surface area contributed by atoms with Gasteiger partial charge in [0.2, 0.25) is 0 Å². The molecule has 1 fully saturated rings. The second kappa shape index (κ2) is 5.14. The first-order valence-corrected chi connectivity index (χ1v) is 5.29. The topological polar surface area (TPSA) is 31.0 Å². The fourth-order valence-electron chi connectivity index (χ4n) is 1.32. The molecule has 1 heterocycles. The van der Waals surface area contributed by atoms with Crippen LogP contribution in [0.25, 0.3) is 0 Å². The predicted molar refractivity (Wildman–Crippen MR) is 57.0 cm³/mol. The molecule has 0 radical (unpaired) electrons. The molecule has 0 spiro atoms. The molecule has 1 unspecified atom stereocenters. The number of rotatable bonds is 6. The third kappa shape index (κ3) is 3.53. The zero-order chi connectivity index (χ0) is 10.5. The highest BCUT2D eigenvalue weighted by Gasteiger charge is 2.22. The first kappa shape index (κ1) is 10.5. The lowest BCUT2D eigenvalue weighted by Crippen LogP contribution is -2.01. The van der Waals surface area contributed by atoms with E-state index in [0.717, 1.165) is 12.4 Å². The van der Waals surface area contributed by atoms with Crippen LogP contribution < -0.4 is 4.74 Å². The lowest BCUT2D eigenvalue weighted by atomic mass is 10.2. The molecule has 0 saturated carbocycles. The molecule has 0 aliphatic carbocycles. The first-order chi connectivity index (χ1) is 7.38. The Balaban J connectivity index is 1.75. The lowest BCUT2D eigenvalue weighted by Gasteiger charge is -2.05. The minimum atomic E-state index is 0.340. The maximum absolute atomic E-state index is 5.48. The number of epoxide rings is 1. The van der Waals surface area contributed by atoms with Crippen LogP contribution in [-0.4, -0.2) is 25.9 Å². The summed E-state index contributed by atoms with van der Waals surface area (Å²) in [5.74, 6) is 0.909. The van der Waals surface area contributed by atoms with E-state index in [2.05, 4.69) is 0 Å². The molecule has 15 heavy (non-hydrogen) atoms. The van der Waals surface area contributed by atoms with E-state index >= 15 is 0 Å². The number of ether oxygens (including phenoxy) is 3. The minimum Gasteiger partial charge on any atom is -0.494 e. The Hall–Kier alpha value is -1.06. The summed E-state index contributed by atoms with van der Waals surface area (Å²) >= 11 is 0. The first-order valence-electron chi connectivity index (χ1n) is 5.29. The van der Waals surface area contributed by atoms with Crippen molar-refractivity contribution < 1.29 is 14.2 Å². The summed E-state index contributed by atoms with van der Waals surface area (Å²) in [6.45, 7) is 4.88. The van der Waals surface area contributed by atoms with Crippen molar-refractivity contribution in [3.8, 4) is 5.75 Å². The Morgan fingerprint density at radius 1 is 1.33 bits per heavy atom. The molecule has 0 N–H and O–H groups in total. The van der Waals surface area contributed by atoms with Crippen molar-refractivity contribution >= 4 is 0 Å². The van der Waals surface area contributed by atoms with Gasteiger partial charge in [0, 0.05) is 0 Å². The van der Waals surface area contributed by atoms with Gasteiger partial charge in [0.15, 0.2) is 0 Å². The zero-order valence-corrected chi connectivity index (χ0v) is 8.94. The van der Waals surface area contributed by atoms with Gasteiger partial charge in [-0.2, -0.15) is 0 Å². The Morgan fingerprint density at radius 2 is 2.07 bits per heavy atom. The predicted octanol–water partition coefficient (Wildman–Crippen LogP) is 2.00. The Morgan fingerprint density at radius 3 is 2.67 bits per heavy atom. The van der Waals surface area contributed by atoms with Gasteiger partial charge in [-0.25, -0.2) is 0 Å². The highest BCUT2D eigenvalue weighted by atomic mass is 16.6. The van der Waals surface area contributed by atoms with E-state index in [1.54, 1.807) is 0 Å². The maximum Gasteiger partial charge on any atom is 0.119 e. The van der Waals surface area contributed by atoms with Crippen LogP contribution in [0.3, 0.4) is 0 Å². The van der Waals surface area contributed by atoms with Crippen LogP contribution >= 0.6 is 0 Å². The van der Waals surface area contributed by atoms with Crippen molar-refractivity contribution in [2.24, 2.45) is 0 Å². The molecular weight excluding hydrogens is 192 g/mol. The average molecular weight is 208 g/mol. The van der Waals surface area contributed by atoms with Gasteiger partial charge < -0.3 is 14.2 Å². The third-order valence-electron chi connectivity index (χ3n) is 2.21. The van der Waals surface area contributed by atoms with E-state index in [4.69, 9.17) is 14.2 Å².